The monoisotopic (exact) mass is 265 g/mol. The smallest absolute Gasteiger partial charge is 0.124 e. The molecule has 5 nitrogen and oxygen atoms in total. The van der Waals surface area contributed by atoms with Gasteiger partial charge in [-0.2, -0.15) is 5.26 Å². The molecular weight excluding hydrogens is 246 g/mol. The van der Waals surface area contributed by atoms with Gasteiger partial charge in [0.05, 0.1) is 51.8 Å². The summed E-state index contributed by atoms with van der Waals surface area (Å²) in [6.45, 7) is 2.55. The fourth-order valence-electron chi connectivity index (χ4n) is 1.51. The van der Waals surface area contributed by atoms with Crippen molar-refractivity contribution in [2.24, 2.45) is 0 Å². The van der Waals surface area contributed by atoms with Crippen molar-refractivity contribution in [1.29, 1.82) is 5.26 Å². The second-order valence-electron chi connectivity index (χ2n) is 3.80. The van der Waals surface area contributed by atoms with Crippen molar-refractivity contribution in [2.75, 3.05) is 40.6 Å². The van der Waals surface area contributed by atoms with Gasteiger partial charge in [0, 0.05) is 12.7 Å². The fraction of sp³-hybridized carbons (Fsp3) is 0.500. The lowest BCUT2D eigenvalue weighted by molar-refractivity contribution is 0.0196. The van der Waals surface area contributed by atoms with Crippen molar-refractivity contribution in [2.45, 2.75) is 6.61 Å². The number of ether oxygens (including phenoxy) is 4. The Bertz CT molecular complexity index is 414. The third-order valence-corrected chi connectivity index (χ3v) is 2.47. The number of rotatable bonds is 9. The first-order valence-corrected chi connectivity index (χ1v) is 6.03. The molecule has 0 aliphatic heterocycles. The van der Waals surface area contributed by atoms with E-state index in [1.165, 1.54) is 0 Å². The van der Waals surface area contributed by atoms with Gasteiger partial charge >= 0.3 is 0 Å². The van der Waals surface area contributed by atoms with Gasteiger partial charge in [-0.05, 0) is 18.2 Å². The van der Waals surface area contributed by atoms with Crippen LogP contribution in [0.1, 0.15) is 11.1 Å². The Morgan fingerprint density at radius 3 is 2.47 bits per heavy atom. The minimum Gasteiger partial charge on any atom is -0.496 e. The van der Waals surface area contributed by atoms with Crippen LogP contribution in [0.4, 0.5) is 0 Å². The highest BCUT2D eigenvalue weighted by Gasteiger charge is 2.04. The molecule has 0 bridgehead atoms. The maximum absolute atomic E-state index is 8.85. The van der Waals surface area contributed by atoms with Crippen LogP contribution in [0.5, 0.6) is 5.75 Å². The molecule has 104 valence electrons. The summed E-state index contributed by atoms with van der Waals surface area (Å²) in [6.07, 6.45) is 0. The SMILES string of the molecule is COCCOCCOCc1cc(C#N)ccc1OC. The van der Waals surface area contributed by atoms with Gasteiger partial charge in [0.2, 0.25) is 0 Å². The number of methoxy groups -OCH3 is 2. The van der Waals surface area contributed by atoms with Crippen molar-refractivity contribution in [3.63, 3.8) is 0 Å². The topological polar surface area (TPSA) is 60.7 Å². The van der Waals surface area contributed by atoms with E-state index in [0.29, 0.717) is 38.6 Å². The Morgan fingerprint density at radius 2 is 1.79 bits per heavy atom. The van der Waals surface area contributed by atoms with Crippen molar-refractivity contribution >= 4 is 0 Å². The second kappa shape index (κ2) is 9.34. The van der Waals surface area contributed by atoms with Crippen molar-refractivity contribution < 1.29 is 18.9 Å². The molecule has 0 unspecified atom stereocenters. The van der Waals surface area contributed by atoms with Gasteiger partial charge in [-0.15, -0.1) is 0 Å². The zero-order chi connectivity index (χ0) is 13.9. The van der Waals surface area contributed by atoms with Crippen molar-refractivity contribution in [1.82, 2.24) is 0 Å². The summed E-state index contributed by atoms with van der Waals surface area (Å²) in [5, 5.41) is 8.85. The predicted octanol–water partition coefficient (Wildman–Crippen LogP) is 1.75. The summed E-state index contributed by atoms with van der Waals surface area (Å²) in [6, 6.07) is 7.35. The summed E-state index contributed by atoms with van der Waals surface area (Å²) in [7, 11) is 3.23. The van der Waals surface area contributed by atoms with Gasteiger partial charge in [0.15, 0.2) is 0 Å². The van der Waals surface area contributed by atoms with E-state index < -0.39 is 0 Å². The first kappa shape index (κ1) is 15.4. The number of hydrogen-bond acceptors (Lipinski definition) is 5. The number of hydrogen-bond donors (Lipinski definition) is 0. The lowest BCUT2D eigenvalue weighted by atomic mass is 10.1. The molecule has 0 saturated carbocycles. The maximum atomic E-state index is 8.85. The van der Waals surface area contributed by atoms with E-state index in [9.17, 15) is 0 Å². The molecule has 1 rings (SSSR count). The minimum absolute atomic E-state index is 0.395. The minimum atomic E-state index is 0.395. The molecule has 5 heteroatoms. The Labute approximate surface area is 113 Å². The van der Waals surface area contributed by atoms with Crippen LogP contribution in [-0.4, -0.2) is 40.6 Å². The molecule has 0 aliphatic rings. The van der Waals surface area contributed by atoms with Crippen LogP contribution in [0, 0.1) is 11.3 Å². The zero-order valence-corrected chi connectivity index (χ0v) is 11.3. The van der Waals surface area contributed by atoms with E-state index in [0.717, 1.165) is 11.3 Å². The van der Waals surface area contributed by atoms with Gasteiger partial charge in [0.25, 0.3) is 0 Å². The molecule has 0 aliphatic carbocycles. The molecular formula is C14H19NO4. The van der Waals surface area contributed by atoms with Crippen LogP contribution in [0.2, 0.25) is 0 Å². The maximum Gasteiger partial charge on any atom is 0.124 e. The molecule has 19 heavy (non-hydrogen) atoms. The lowest BCUT2D eigenvalue weighted by Crippen LogP contribution is -2.08. The van der Waals surface area contributed by atoms with E-state index in [-0.39, 0.29) is 0 Å². The van der Waals surface area contributed by atoms with Crippen LogP contribution in [0.3, 0.4) is 0 Å². The molecule has 0 N–H and O–H groups in total. The third kappa shape index (κ3) is 5.71. The first-order chi connectivity index (χ1) is 9.31. The van der Waals surface area contributed by atoms with Crippen LogP contribution < -0.4 is 4.74 Å². The Kier molecular flexibility index (Phi) is 7.59. The van der Waals surface area contributed by atoms with Crippen LogP contribution >= 0.6 is 0 Å². The van der Waals surface area contributed by atoms with Gasteiger partial charge in [-0.3, -0.25) is 0 Å². The van der Waals surface area contributed by atoms with Crippen LogP contribution in [0.25, 0.3) is 0 Å². The van der Waals surface area contributed by atoms with Gasteiger partial charge < -0.3 is 18.9 Å². The number of nitrogens with zero attached hydrogens (tertiary/aromatic N) is 1. The first-order valence-electron chi connectivity index (χ1n) is 6.03. The molecule has 0 atom stereocenters. The summed E-state index contributed by atoms with van der Waals surface area (Å²) < 4.78 is 20.8. The van der Waals surface area contributed by atoms with Gasteiger partial charge in [0.1, 0.15) is 5.75 Å². The fourth-order valence-corrected chi connectivity index (χ4v) is 1.51. The standard InChI is InChI=1S/C14H19NO4/c1-16-5-6-18-7-8-19-11-13-9-12(10-15)3-4-14(13)17-2/h3-4,9H,5-8,11H2,1-2H3. The molecule has 1 aromatic rings. The van der Waals surface area contributed by atoms with E-state index >= 15 is 0 Å². The molecule has 1 aromatic carbocycles. The van der Waals surface area contributed by atoms with E-state index in [4.69, 9.17) is 24.2 Å². The number of nitriles is 1. The highest BCUT2D eigenvalue weighted by atomic mass is 16.5. The molecule has 0 amide bonds. The highest BCUT2D eigenvalue weighted by Crippen LogP contribution is 2.20. The quantitative estimate of drug-likeness (QED) is 0.636. The highest BCUT2D eigenvalue weighted by molar-refractivity contribution is 5.41. The average molecular weight is 265 g/mol. The molecule has 0 aromatic heterocycles. The van der Waals surface area contributed by atoms with E-state index in [2.05, 4.69) is 6.07 Å². The largest absolute Gasteiger partial charge is 0.496 e. The molecule has 0 spiro atoms. The van der Waals surface area contributed by atoms with Crippen molar-refractivity contribution in [3.05, 3.63) is 29.3 Å². The van der Waals surface area contributed by atoms with Crippen LogP contribution in [0.15, 0.2) is 18.2 Å². The van der Waals surface area contributed by atoms with Gasteiger partial charge in [-0.25, -0.2) is 0 Å². The zero-order valence-electron chi connectivity index (χ0n) is 11.3. The molecule has 0 radical (unpaired) electrons. The van der Waals surface area contributed by atoms with Crippen molar-refractivity contribution in [3.8, 4) is 11.8 Å². The predicted molar refractivity (Wildman–Crippen MR) is 70.1 cm³/mol. The normalized spacial score (nSPS) is 10.2. The second-order valence-corrected chi connectivity index (χ2v) is 3.80. The van der Waals surface area contributed by atoms with E-state index in [1.807, 2.05) is 0 Å². The Hall–Kier alpha value is -1.61. The van der Waals surface area contributed by atoms with E-state index in [1.54, 1.807) is 32.4 Å². The Balaban J connectivity index is 2.34. The summed E-state index contributed by atoms with van der Waals surface area (Å²) >= 11 is 0. The number of benzene rings is 1. The Morgan fingerprint density at radius 1 is 1.05 bits per heavy atom. The summed E-state index contributed by atoms with van der Waals surface area (Å²) in [4.78, 5) is 0. The summed E-state index contributed by atoms with van der Waals surface area (Å²) in [5.41, 5.74) is 1.45. The summed E-state index contributed by atoms with van der Waals surface area (Å²) in [5.74, 6) is 0.722. The van der Waals surface area contributed by atoms with Crippen LogP contribution in [-0.2, 0) is 20.8 Å². The average Bonchev–Trinajstić information content (AvgIpc) is 2.46. The lowest BCUT2D eigenvalue weighted by Gasteiger charge is -2.09. The molecule has 0 saturated heterocycles. The molecule has 0 heterocycles. The molecule has 0 fully saturated rings. The van der Waals surface area contributed by atoms with Gasteiger partial charge in [-0.1, -0.05) is 0 Å². The third-order valence-electron chi connectivity index (χ3n) is 2.47.